The van der Waals surface area contributed by atoms with Crippen LogP contribution < -0.4 is 25.0 Å². The van der Waals surface area contributed by atoms with Gasteiger partial charge in [-0.15, -0.1) is 0 Å². The van der Waals surface area contributed by atoms with Gasteiger partial charge in [0, 0.05) is 11.1 Å². The average molecular weight is 431 g/mol. The van der Waals surface area contributed by atoms with E-state index < -0.39 is 0 Å². The maximum atomic E-state index is 12.6. The van der Waals surface area contributed by atoms with Gasteiger partial charge in [-0.25, -0.2) is 4.79 Å². The third kappa shape index (κ3) is 5.14. The SMILES string of the molecule is CCOc1ccc(C[NH+](C)CC(=O)NC(=O)NC23CC4CC(CC(C4)C2)C3)cc1OC. The van der Waals surface area contributed by atoms with Gasteiger partial charge in [0.25, 0.3) is 5.91 Å². The zero-order valence-electron chi connectivity index (χ0n) is 19.0. The van der Waals surface area contributed by atoms with Crippen LogP contribution >= 0.6 is 0 Å². The zero-order valence-corrected chi connectivity index (χ0v) is 19.0. The van der Waals surface area contributed by atoms with Crippen molar-refractivity contribution in [3.05, 3.63) is 23.8 Å². The van der Waals surface area contributed by atoms with Gasteiger partial charge in [-0.3, -0.25) is 10.1 Å². The molecule has 3 N–H and O–H groups in total. The number of hydrogen-bond donors (Lipinski definition) is 3. The van der Waals surface area contributed by atoms with Crippen LogP contribution in [0.1, 0.15) is 51.0 Å². The minimum Gasteiger partial charge on any atom is -0.493 e. The Balaban J connectivity index is 1.26. The van der Waals surface area contributed by atoms with Gasteiger partial charge >= 0.3 is 6.03 Å². The molecule has 170 valence electrons. The fraction of sp³-hybridized carbons (Fsp3) is 0.667. The molecule has 1 aromatic rings. The van der Waals surface area contributed by atoms with Gasteiger partial charge in [0.05, 0.1) is 20.8 Å². The number of amides is 3. The van der Waals surface area contributed by atoms with Crippen LogP contribution in [0.5, 0.6) is 11.5 Å². The summed E-state index contributed by atoms with van der Waals surface area (Å²) in [4.78, 5) is 26.0. The minimum atomic E-state index is -0.331. The fourth-order valence-corrected chi connectivity index (χ4v) is 6.49. The summed E-state index contributed by atoms with van der Waals surface area (Å²) in [5, 5.41) is 5.77. The molecule has 0 saturated heterocycles. The summed E-state index contributed by atoms with van der Waals surface area (Å²) in [6, 6.07) is 5.48. The maximum Gasteiger partial charge on any atom is 0.322 e. The number of quaternary nitrogens is 1. The van der Waals surface area contributed by atoms with Crippen molar-refractivity contribution in [2.24, 2.45) is 17.8 Å². The van der Waals surface area contributed by atoms with Crippen LogP contribution in [0.15, 0.2) is 18.2 Å². The summed E-state index contributed by atoms with van der Waals surface area (Å²) in [5.74, 6) is 3.41. The van der Waals surface area contributed by atoms with Gasteiger partial charge in [-0.05, 0) is 81.4 Å². The Morgan fingerprint density at radius 2 is 1.74 bits per heavy atom. The first-order valence-electron chi connectivity index (χ1n) is 11.6. The van der Waals surface area contributed by atoms with E-state index in [0.29, 0.717) is 24.7 Å². The summed E-state index contributed by atoms with van der Waals surface area (Å²) >= 11 is 0. The first kappa shape index (κ1) is 21.9. The number of benzene rings is 1. The molecule has 5 rings (SSSR count). The van der Waals surface area contributed by atoms with E-state index in [1.807, 2.05) is 32.2 Å². The van der Waals surface area contributed by atoms with E-state index in [9.17, 15) is 9.59 Å². The quantitative estimate of drug-likeness (QED) is 0.589. The molecule has 4 bridgehead atoms. The molecule has 1 atom stereocenters. The molecule has 0 spiro atoms. The molecule has 1 unspecified atom stereocenters. The molecule has 4 saturated carbocycles. The second-order valence-corrected chi connectivity index (χ2v) is 9.93. The Hall–Kier alpha value is -2.28. The largest absolute Gasteiger partial charge is 0.493 e. The Morgan fingerprint density at radius 1 is 1.10 bits per heavy atom. The summed E-state index contributed by atoms with van der Waals surface area (Å²) < 4.78 is 11.0. The number of imide groups is 1. The van der Waals surface area contributed by atoms with E-state index in [4.69, 9.17) is 9.47 Å². The number of hydrogen-bond acceptors (Lipinski definition) is 4. The normalized spacial score (nSPS) is 29.3. The first-order valence-corrected chi connectivity index (χ1v) is 11.6. The van der Waals surface area contributed by atoms with E-state index in [0.717, 1.165) is 47.5 Å². The highest BCUT2D eigenvalue weighted by molar-refractivity contribution is 5.95. The van der Waals surface area contributed by atoms with Gasteiger partial charge < -0.3 is 19.7 Å². The van der Waals surface area contributed by atoms with Crippen LogP contribution in [0.4, 0.5) is 4.79 Å². The molecule has 7 nitrogen and oxygen atoms in total. The van der Waals surface area contributed by atoms with Gasteiger partial charge in [-0.2, -0.15) is 0 Å². The lowest BCUT2D eigenvalue weighted by Gasteiger charge is -2.56. The van der Waals surface area contributed by atoms with Crippen LogP contribution in [0.2, 0.25) is 0 Å². The maximum absolute atomic E-state index is 12.6. The monoisotopic (exact) mass is 430 g/mol. The second kappa shape index (κ2) is 9.07. The molecule has 0 radical (unpaired) electrons. The molecule has 31 heavy (non-hydrogen) atoms. The second-order valence-electron chi connectivity index (χ2n) is 9.93. The summed E-state index contributed by atoms with van der Waals surface area (Å²) in [6.07, 6.45) is 7.20. The zero-order chi connectivity index (χ0) is 22.0. The van der Waals surface area contributed by atoms with Crippen LogP contribution in [-0.4, -0.2) is 44.8 Å². The molecule has 3 amide bonds. The average Bonchev–Trinajstić information content (AvgIpc) is 2.67. The summed E-state index contributed by atoms with van der Waals surface area (Å²) in [5.41, 5.74) is 0.958. The summed E-state index contributed by atoms with van der Waals surface area (Å²) in [7, 11) is 3.56. The van der Waals surface area contributed by atoms with Crippen LogP contribution in [-0.2, 0) is 11.3 Å². The third-order valence-electron chi connectivity index (χ3n) is 7.17. The predicted molar refractivity (Wildman–Crippen MR) is 117 cm³/mol. The Morgan fingerprint density at radius 3 is 2.32 bits per heavy atom. The topological polar surface area (TPSA) is 81.1 Å². The highest BCUT2D eigenvalue weighted by Gasteiger charge is 2.51. The van der Waals surface area contributed by atoms with Crippen molar-refractivity contribution in [3.63, 3.8) is 0 Å². The number of likely N-dealkylation sites (N-methyl/N-ethyl adjacent to an activating group) is 1. The van der Waals surface area contributed by atoms with E-state index >= 15 is 0 Å². The molecule has 1 aromatic carbocycles. The number of rotatable bonds is 8. The minimum absolute atomic E-state index is 0.0866. The lowest BCUT2D eigenvalue weighted by molar-refractivity contribution is -0.885. The standard InChI is InChI=1S/C24H35N3O4/c1-4-31-20-6-5-16(10-21(20)30-3)14-27(2)15-22(28)25-23(29)26-24-11-17-7-18(12-24)9-19(8-17)13-24/h5-6,10,17-19H,4,7-9,11-15H2,1-3H3,(H2,25,26,28,29)/p+1. The van der Waals surface area contributed by atoms with Gasteiger partial charge in [0.2, 0.25) is 0 Å². The van der Waals surface area contributed by atoms with E-state index in [1.165, 1.54) is 19.3 Å². The van der Waals surface area contributed by atoms with Crippen LogP contribution in [0.3, 0.4) is 0 Å². The van der Waals surface area contributed by atoms with Crippen molar-refractivity contribution in [1.82, 2.24) is 10.6 Å². The van der Waals surface area contributed by atoms with Crippen molar-refractivity contribution in [2.75, 3.05) is 27.3 Å². The number of ether oxygens (including phenoxy) is 2. The van der Waals surface area contributed by atoms with Crippen LogP contribution in [0, 0.1) is 17.8 Å². The van der Waals surface area contributed by atoms with E-state index in [2.05, 4.69) is 10.6 Å². The van der Waals surface area contributed by atoms with Crippen molar-refractivity contribution in [2.45, 2.75) is 57.5 Å². The number of methoxy groups -OCH3 is 1. The van der Waals surface area contributed by atoms with Gasteiger partial charge in [0.15, 0.2) is 18.0 Å². The lowest BCUT2D eigenvalue weighted by atomic mass is 9.53. The third-order valence-corrected chi connectivity index (χ3v) is 7.17. The van der Waals surface area contributed by atoms with Crippen molar-refractivity contribution >= 4 is 11.9 Å². The molecular formula is C24H36N3O4+. The lowest BCUT2D eigenvalue weighted by Crippen LogP contribution is -3.09. The number of nitrogens with one attached hydrogen (secondary N) is 3. The fourth-order valence-electron chi connectivity index (χ4n) is 6.49. The Labute approximate surface area is 184 Å². The predicted octanol–water partition coefficient (Wildman–Crippen LogP) is 1.90. The molecule has 0 aliphatic heterocycles. The highest BCUT2D eigenvalue weighted by Crippen LogP contribution is 2.55. The highest BCUT2D eigenvalue weighted by atomic mass is 16.5. The molecule has 0 aromatic heterocycles. The van der Waals surface area contributed by atoms with Crippen molar-refractivity contribution in [1.29, 1.82) is 0 Å². The van der Waals surface area contributed by atoms with Crippen molar-refractivity contribution < 1.29 is 24.0 Å². The number of carbonyl (C=O) groups is 2. The molecule has 7 heteroatoms. The molecule has 4 fully saturated rings. The Bertz CT molecular complexity index is 790. The van der Waals surface area contributed by atoms with E-state index in [-0.39, 0.29) is 24.0 Å². The van der Waals surface area contributed by atoms with Crippen molar-refractivity contribution in [3.8, 4) is 11.5 Å². The molecule has 4 aliphatic carbocycles. The van der Waals surface area contributed by atoms with Crippen LogP contribution in [0.25, 0.3) is 0 Å². The number of urea groups is 1. The summed E-state index contributed by atoms with van der Waals surface area (Å²) in [6.45, 7) is 3.38. The smallest absolute Gasteiger partial charge is 0.322 e. The van der Waals surface area contributed by atoms with E-state index in [1.54, 1.807) is 7.11 Å². The van der Waals surface area contributed by atoms with Gasteiger partial charge in [0.1, 0.15) is 6.54 Å². The first-order chi connectivity index (χ1) is 14.9. The molecule has 0 heterocycles. The molecule has 4 aliphatic rings. The van der Waals surface area contributed by atoms with Gasteiger partial charge in [-0.1, -0.05) is 0 Å². The number of carbonyl (C=O) groups excluding carboxylic acids is 2. The Kier molecular flexibility index (Phi) is 6.42. The molecular weight excluding hydrogens is 394 g/mol.